The molecule has 0 aliphatic carbocycles. The Balaban J connectivity index is 0.00000272. The Bertz CT molecular complexity index is 1070. The van der Waals surface area contributed by atoms with Gasteiger partial charge in [-0.2, -0.15) is 0 Å². The van der Waals surface area contributed by atoms with E-state index in [1.54, 1.807) is 11.3 Å². The summed E-state index contributed by atoms with van der Waals surface area (Å²) in [5.41, 5.74) is 3.63. The fourth-order valence-electron chi connectivity index (χ4n) is 3.25. The maximum absolute atomic E-state index is 12.3. The Labute approximate surface area is 191 Å². The zero-order chi connectivity index (χ0) is 20.8. The van der Waals surface area contributed by atoms with E-state index in [2.05, 4.69) is 15.6 Å². The van der Waals surface area contributed by atoms with Gasteiger partial charge >= 0.3 is 0 Å². The highest BCUT2D eigenvalue weighted by Crippen LogP contribution is 2.14. The van der Waals surface area contributed by atoms with E-state index in [4.69, 9.17) is 0 Å². The molecule has 4 aromatic rings. The lowest BCUT2D eigenvalue weighted by atomic mass is 10.1. The molecule has 0 radical (unpaired) electrons. The topological polar surface area (TPSA) is 78.7 Å². The van der Waals surface area contributed by atoms with E-state index in [1.165, 1.54) is 5.56 Å². The Morgan fingerprint density at radius 2 is 1.90 bits per heavy atom. The standard InChI is InChI=1S/C23H24N4O2S.ClH/c28-21(18-4-2-1-3-5-18)15-24-11-10-17-6-8-19(9-7-17)25-22(29)14-20-16-27-12-13-30-23(27)26-20;/h1-9,12-13,16,21,24,28H,10-11,14-15H2,(H,25,29);1H/t21-;/m0./s1. The lowest BCUT2D eigenvalue weighted by Crippen LogP contribution is -2.23. The van der Waals surface area contributed by atoms with Crippen LogP contribution < -0.4 is 10.6 Å². The van der Waals surface area contributed by atoms with Gasteiger partial charge in [0.15, 0.2) is 4.96 Å². The van der Waals surface area contributed by atoms with Crippen LogP contribution in [0.5, 0.6) is 0 Å². The van der Waals surface area contributed by atoms with Crippen molar-refractivity contribution in [2.45, 2.75) is 18.9 Å². The highest BCUT2D eigenvalue weighted by molar-refractivity contribution is 7.15. The number of rotatable bonds is 9. The van der Waals surface area contributed by atoms with Gasteiger partial charge in [-0.05, 0) is 36.2 Å². The second-order valence-corrected chi connectivity index (χ2v) is 8.00. The molecule has 162 valence electrons. The van der Waals surface area contributed by atoms with Crippen LogP contribution in [0.2, 0.25) is 0 Å². The minimum Gasteiger partial charge on any atom is -0.387 e. The average molecular weight is 457 g/mol. The SMILES string of the molecule is Cl.O=C(Cc1cn2ccsc2n1)Nc1ccc(CCNC[C@H](O)c2ccccc2)cc1. The second-order valence-electron chi connectivity index (χ2n) is 7.13. The summed E-state index contributed by atoms with van der Waals surface area (Å²) >= 11 is 1.55. The van der Waals surface area contributed by atoms with Gasteiger partial charge in [0.2, 0.25) is 5.91 Å². The van der Waals surface area contributed by atoms with Crippen LogP contribution in [-0.2, 0) is 17.6 Å². The van der Waals surface area contributed by atoms with E-state index in [9.17, 15) is 9.90 Å². The second kappa shape index (κ2) is 11.1. The highest BCUT2D eigenvalue weighted by Gasteiger charge is 2.09. The molecule has 2 aromatic heterocycles. The number of halogens is 1. The number of hydrogen-bond donors (Lipinski definition) is 3. The molecule has 0 fully saturated rings. The van der Waals surface area contributed by atoms with Crippen molar-refractivity contribution in [3.8, 4) is 0 Å². The number of amides is 1. The molecular formula is C23H25ClN4O2S. The minimum atomic E-state index is -0.505. The van der Waals surface area contributed by atoms with E-state index in [1.807, 2.05) is 76.8 Å². The number of thiazole rings is 1. The summed E-state index contributed by atoms with van der Waals surface area (Å²) in [6, 6.07) is 17.5. The van der Waals surface area contributed by atoms with Gasteiger partial charge in [0, 0.05) is 30.0 Å². The van der Waals surface area contributed by atoms with Crippen molar-refractivity contribution in [1.29, 1.82) is 0 Å². The first-order valence-corrected chi connectivity index (χ1v) is 10.8. The summed E-state index contributed by atoms with van der Waals surface area (Å²) in [7, 11) is 0. The van der Waals surface area contributed by atoms with Crippen molar-refractivity contribution in [2.75, 3.05) is 18.4 Å². The molecule has 1 amide bonds. The van der Waals surface area contributed by atoms with Gasteiger partial charge in [-0.1, -0.05) is 42.5 Å². The van der Waals surface area contributed by atoms with Crippen molar-refractivity contribution in [3.63, 3.8) is 0 Å². The Hall–Kier alpha value is -2.71. The predicted molar refractivity (Wildman–Crippen MR) is 127 cm³/mol. The van der Waals surface area contributed by atoms with Gasteiger partial charge in [0.25, 0.3) is 0 Å². The number of aliphatic hydroxyl groups is 1. The van der Waals surface area contributed by atoms with Crippen LogP contribution in [0, 0.1) is 0 Å². The summed E-state index contributed by atoms with van der Waals surface area (Å²) in [5.74, 6) is -0.0786. The van der Waals surface area contributed by atoms with E-state index in [-0.39, 0.29) is 24.7 Å². The summed E-state index contributed by atoms with van der Waals surface area (Å²) in [5, 5.41) is 18.3. The van der Waals surface area contributed by atoms with E-state index < -0.39 is 6.10 Å². The molecule has 3 N–H and O–H groups in total. The molecule has 8 heteroatoms. The summed E-state index contributed by atoms with van der Waals surface area (Å²) in [4.78, 5) is 17.6. The molecule has 0 saturated heterocycles. The van der Waals surface area contributed by atoms with Crippen LogP contribution in [0.15, 0.2) is 72.4 Å². The first kappa shape index (κ1) is 23.0. The van der Waals surface area contributed by atoms with E-state index >= 15 is 0 Å². The maximum Gasteiger partial charge on any atom is 0.230 e. The number of carbonyl (C=O) groups is 1. The van der Waals surface area contributed by atoms with Crippen LogP contribution >= 0.6 is 23.7 Å². The number of carbonyl (C=O) groups excluding carboxylic acids is 1. The first-order chi connectivity index (χ1) is 14.7. The summed E-state index contributed by atoms with van der Waals surface area (Å²) in [6.07, 6.45) is 4.42. The molecule has 0 spiro atoms. The minimum absolute atomic E-state index is 0. The van der Waals surface area contributed by atoms with Crippen LogP contribution in [0.4, 0.5) is 5.69 Å². The number of nitrogens with zero attached hydrogens (tertiary/aromatic N) is 2. The van der Waals surface area contributed by atoms with Gasteiger partial charge < -0.3 is 15.7 Å². The fraction of sp³-hybridized carbons (Fsp3) is 0.217. The highest BCUT2D eigenvalue weighted by atomic mass is 35.5. The van der Waals surface area contributed by atoms with Crippen LogP contribution in [0.25, 0.3) is 4.96 Å². The third-order valence-electron chi connectivity index (χ3n) is 4.84. The van der Waals surface area contributed by atoms with E-state index in [0.29, 0.717) is 6.54 Å². The number of nitrogens with one attached hydrogen (secondary N) is 2. The molecule has 4 rings (SSSR count). The van der Waals surface area contributed by atoms with Gasteiger partial charge in [0.05, 0.1) is 18.2 Å². The van der Waals surface area contributed by atoms with Gasteiger partial charge in [-0.15, -0.1) is 23.7 Å². The molecule has 0 aliphatic rings. The van der Waals surface area contributed by atoms with E-state index in [0.717, 1.165) is 34.9 Å². The Morgan fingerprint density at radius 1 is 1.13 bits per heavy atom. The molecule has 0 saturated carbocycles. The van der Waals surface area contributed by atoms with Crippen LogP contribution in [0.3, 0.4) is 0 Å². The number of imidazole rings is 1. The molecule has 0 bridgehead atoms. The number of fused-ring (bicyclic) bond motifs is 1. The quantitative estimate of drug-likeness (QED) is 0.334. The Morgan fingerprint density at radius 3 is 2.65 bits per heavy atom. The normalized spacial score (nSPS) is 11.8. The molecule has 1 atom stereocenters. The third-order valence-corrected chi connectivity index (χ3v) is 5.61. The smallest absolute Gasteiger partial charge is 0.230 e. The molecular weight excluding hydrogens is 432 g/mol. The summed E-state index contributed by atoms with van der Waals surface area (Å²) < 4.78 is 1.93. The predicted octanol–water partition coefficient (Wildman–Crippen LogP) is 3.86. The van der Waals surface area contributed by atoms with Gasteiger partial charge in [0.1, 0.15) is 0 Å². The largest absolute Gasteiger partial charge is 0.387 e. The van der Waals surface area contributed by atoms with Crippen LogP contribution in [0.1, 0.15) is 22.9 Å². The lowest BCUT2D eigenvalue weighted by Gasteiger charge is -2.12. The monoisotopic (exact) mass is 456 g/mol. The van der Waals surface area contributed by atoms with Crippen molar-refractivity contribution < 1.29 is 9.90 Å². The molecule has 31 heavy (non-hydrogen) atoms. The average Bonchev–Trinajstić information content (AvgIpc) is 3.34. The van der Waals surface area contributed by atoms with Crippen LogP contribution in [-0.4, -0.2) is 33.5 Å². The van der Waals surface area contributed by atoms with Gasteiger partial charge in [-0.25, -0.2) is 4.98 Å². The number of hydrogen-bond acceptors (Lipinski definition) is 5. The maximum atomic E-state index is 12.3. The van der Waals surface area contributed by atoms with Crippen molar-refractivity contribution in [2.24, 2.45) is 0 Å². The Kier molecular flexibility index (Phi) is 8.20. The molecule has 0 unspecified atom stereocenters. The number of aliphatic hydroxyl groups excluding tert-OH is 1. The molecule has 0 aliphatic heterocycles. The lowest BCUT2D eigenvalue weighted by molar-refractivity contribution is -0.115. The first-order valence-electron chi connectivity index (χ1n) is 9.91. The molecule has 2 aromatic carbocycles. The zero-order valence-corrected chi connectivity index (χ0v) is 18.5. The zero-order valence-electron chi connectivity index (χ0n) is 16.9. The van der Waals surface area contributed by atoms with Crippen molar-refractivity contribution in [1.82, 2.24) is 14.7 Å². The number of benzene rings is 2. The molecule has 6 nitrogen and oxygen atoms in total. The van der Waals surface area contributed by atoms with Gasteiger partial charge in [-0.3, -0.25) is 9.20 Å². The third kappa shape index (κ3) is 6.38. The van der Waals surface area contributed by atoms with Crippen molar-refractivity contribution >= 4 is 40.3 Å². The molecule has 2 heterocycles. The summed E-state index contributed by atoms with van der Waals surface area (Å²) in [6.45, 7) is 1.29. The van der Waals surface area contributed by atoms with Crippen molar-refractivity contribution in [3.05, 3.63) is 89.2 Å². The number of aromatic nitrogens is 2. The fourth-order valence-corrected chi connectivity index (χ4v) is 3.97. The number of anilines is 1.